The molecule has 0 spiro atoms. The summed E-state index contributed by atoms with van der Waals surface area (Å²) in [5.74, 6) is -1.96. The molecule has 0 heterocycles. The number of alkyl carbamates (subject to hydrolysis) is 1. The summed E-state index contributed by atoms with van der Waals surface area (Å²) >= 11 is 0. The predicted octanol–water partition coefficient (Wildman–Crippen LogP) is 1.70. The Balaban J connectivity index is 2.57. The van der Waals surface area contributed by atoms with Crippen molar-refractivity contribution >= 4 is 24.1 Å². The Morgan fingerprint density at radius 3 is 2.25 bits per heavy atom. The van der Waals surface area contributed by atoms with Gasteiger partial charge in [-0.3, -0.25) is 15.0 Å². The van der Waals surface area contributed by atoms with E-state index >= 15 is 0 Å². The summed E-state index contributed by atoms with van der Waals surface area (Å²) in [5.41, 5.74) is 4.10. The van der Waals surface area contributed by atoms with Crippen molar-refractivity contribution in [3.63, 3.8) is 0 Å². The van der Waals surface area contributed by atoms with Crippen LogP contribution >= 0.6 is 0 Å². The van der Waals surface area contributed by atoms with Crippen LogP contribution in [0.1, 0.15) is 39.2 Å². The highest BCUT2D eigenvalue weighted by atomic mass is 16.6. The number of nitrogens with one attached hydrogen (secondary N) is 3. The number of carboxylic acid groups (broad SMARTS) is 1. The zero-order valence-corrected chi connectivity index (χ0v) is 16.0. The van der Waals surface area contributed by atoms with Crippen LogP contribution in [-0.4, -0.2) is 40.8 Å². The Bertz CT molecular complexity index is 686. The minimum atomic E-state index is -1.23. The van der Waals surface area contributed by atoms with E-state index in [2.05, 4.69) is 10.7 Å². The van der Waals surface area contributed by atoms with Gasteiger partial charge in [-0.1, -0.05) is 30.3 Å². The van der Waals surface area contributed by atoms with Gasteiger partial charge in [-0.25, -0.2) is 15.0 Å². The summed E-state index contributed by atoms with van der Waals surface area (Å²) in [5, 5.41) is 11.1. The van der Waals surface area contributed by atoms with Gasteiger partial charge in [0.05, 0.1) is 0 Å². The Hall–Kier alpha value is -3.30. The number of carbonyl (C=O) groups excluding carboxylic acids is 3. The van der Waals surface area contributed by atoms with Crippen LogP contribution in [0.4, 0.5) is 9.59 Å². The van der Waals surface area contributed by atoms with Gasteiger partial charge in [0.2, 0.25) is 0 Å². The van der Waals surface area contributed by atoms with Gasteiger partial charge in [0, 0.05) is 6.42 Å². The number of hydrogen-bond donors (Lipinski definition) is 4. The molecule has 1 atom stereocenters. The maximum absolute atomic E-state index is 12.2. The number of carbonyl (C=O) groups is 4. The van der Waals surface area contributed by atoms with Crippen molar-refractivity contribution in [1.82, 2.24) is 16.2 Å². The summed E-state index contributed by atoms with van der Waals surface area (Å²) in [6, 6.07) is 7.66. The summed E-state index contributed by atoms with van der Waals surface area (Å²) in [6.07, 6.45) is -2.36. The molecular formula is C18H25N3O7. The minimum Gasteiger partial charge on any atom is -0.481 e. The molecule has 3 amide bonds. The third-order valence-corrected chi connectivity index (χ3v) is 3.15. The number of ether oxygens (including phenoxy) is 2. The van der Waals surface area contributed by atoms with Crippen LogP contribution in [0.3, 0.4) is 0 Å². The molecule has 0 unspecified atom stereocenters. The highest BCUT2D eigenvalue weighted by molar-refractivity contribution is 5.87. The van der Waals surface area contributed by atoms with Crippen molar-refractivity contribution < 1.29 is 33.8 Å². The summed E-state index contributed by atoms with van der Waals surface area (Å²) in [4.78, 5) is 46.5. The lowest BCUT2D eigenvalue weighted by Crippen LogP contribution is -2.53. The van der Waals surface area contributed by atoms with E-state index in [0.717, 1.165) is 5.56 Å². The third kappa shape index (κ3) is 10.00. The molecule has 0 saturated carbocycles. The van der Waals surface area contributed by atoms with Crippen LogP contribution in [0.25, 0.3) is 0 Å². The van der Waals surface area contributed by atoms with Crippen molar-refractivity contribution in [2.24, 2.45) is 0 Å². The van der Waals surface area contributed by atoms with E-state index in [1.165, 1.54) is 0 Å². The summed E-state index contributed by atoms with van der Waals surface area (Å²) < 4.78 is 9.98. The van der Waals surface area contributed by atoms with Crippen molar-refractivity contribution in [3.8, 4) is 0 Å². The van der Waals surface area contributed by atoms with Gasteiger partial charge >= 0.3 is 18.2 Å². The van der Waals surface area contributed by atoms with Crippen LogP contribution in [0.5, 0.6) is 0 Å². The molecule has 0 aliphatic rings. The Morgan fingerprint density at radius 2 is 1.68 bits per heavy atom. The second-order valence-electron chi connectivity index (χ2n) is 6.81. The Kier molecular flexibility index (Phi) is 8.73. The van der Waals surface area contributed by atoms with Gasteiger partial charge < -0.3 is 19.9 Å². The maximum Gasteiger partial charge on any atom is 0.426 e. The highest BCUT2D eigenvalue weighted by Gasteiger charge is 2.24. The van der Waals surface area contributed by atoms with E-state index in [9.17, 15) is 19.2 Å². The van der Waals surface area contributed by atoms with Crippen molar-refractivity contribution in [3.05, 3.63) is 35.9 Å². The van der Waals surface area contributed by atoms with E-state index in [1.807, 2.05) is 11.5 Å². The fourth-order valence-electron chi connectivity index (χ4n) is 1.95. The zero-order valence-electron chi connectivity index (χ0n) is 16.0. The number of aliphatic carboxylic acids is 1. The van der Waals surface area contributed by atoms with E-state index in [1.54, 1.807) is 45.0 Å². The molecule has 0 bridgehead atoms. The van der Waals surface area contributed by atoms with E-state index in [-0.39, 0.29) is 19.4 Å². The lowest BCUT2D eigenvalue weighted by Gasteiger charge is -2.21. The van der Waals surface area contributed by atoms with Crippen LogP contribution in [0.15, 0.2) is 30.3 Å². The molecule has 0 fully saturated rings. The number of benzene rings is 1. The number of hydrogen-bond acceptors (Lipinski definition) is 6. The number of rotatable bonds is 7. The second kappa shape index (κ2) is 10.8. The SMILES string of the molecule is CC(C)(C)OC(=O)NNC(=O)[C@H](CCC(=O)O)NC(=O)OCc1ccccc1. The Morgan fingerprint density at radius 1 is 1.04 bits per heavy atom. The van der Waals surface area contributed by atoms with Crippen LogP contribution in [-0.2, 0) is 25.7 Å². The first kappa shape index (κ1) is 22.7. The molecule has 1 aromatic carbocycles. The molecule has 0 aliphatic carbocycles. The molecule has 10 heteroatoms. The molecule has 154 valence electrons. The molecular weight excluding hydrogens is 370 g/mol. The first-order valence-electron chi connectivity index (χ1n) is 8.54. The van der Waals surface area contributed by atoms with Crippen LogP contribution < -0.4 is 16.2 Å². The molecule has 10 nitrogen and oxygen atoms in total. The predicted molar refractivity (Wildman–Crippen MR) is 97.9 cm³/mol. The monoisotopic (exact) mass is 395 g/mol. The topological polar surface area (TPSA) is 143 Å². The van der Waals surface area contributed by atoms with E-state index < -0.39 is 35.7 Å². The Labute approximate surface area is 162 Å². The summed E-state index contributed by atoms with van der Waals surface area (Å²) in [7, 11) is 0. The minimum absolute atomic E-state index is 0.0178. The molecule has 0 aromatic heterocycles. The summed E-state index contributed by atoms with van der Waals surface area (Å²) in [6.45, 7) is 4.92. The maximum atomic E-state index is 12.2. The van der Waals surface area contributed by atoms with E-state index in [0.29, 0.717) is 0 Å². The lowest BCUT2D eigenvalue weighted by atomic mass is 10.1. The number of amides is 3. The average molecular weight is 395 g/mol. The van der Waals surface area contributed by atoms with Gasteiger partial charge in [-0.15, -0.1) is 0 Å². The van der Waals surface area contributed by atoms with Gasteiger partial charge in [0.1, 0.15) is 18.2 Å². The first-order chi connectivity index (χ1) is 13.1. The lowest BCUT2D eigenvalue weighted by molar-refractivity contribution is -0.137. The van der Waals surface area contributed by atoms with Crippen molar-refractivity contribution in [2.75, 3.05) is 0 Å². The van der Waals surface area contributed by atoms with Crippen LogP contribution in [0.2, 0.25) is 0 Å². The normalized spacial score (nSPS) is 11.7. The molecule has 0 radical (unpaired) electrons. The second-order valence-corrected chi connectivity index (χ2v) is 6.81. The molecule has 4 N–H and O–H groups in total. The van der Waals surface area contributed by atoms with E-state index in [4.69, 9.17) is 14.6 Å². The van der Waals surface area contributed by atoms with Gasteiger partial charge in [-0.05, 0) is 32.8 Å². The molecule has 28 heavy (non-hydrogen) atoms. The quantitative estimate of drug-likeness (QED) is 0.515. The number of carboxylic acids is 1. The zero-order chi connectivity index (χ0) is 21.2. The van der Waals surface area contributed by atoms with Crippen molar-refractivity contribution in [1.29, 1.82) is 0 Å². The fraction of sp³-hybridized carbons (Fsp3) is 0.444. The standard InChI is InChI=1S/C18H25N3O7/c1-18(2,3)28-17(26)21-20-15(24)13(9-10-14(22)23)19-16(25)27-11-12-7-5-4-6-8-12/h4-8,13H,9-11H2,1-3H3,(H,19,25)(H,20,24)(H,21,26)(H,22,23)/t13-/m0/s1. The van der Waals surface area contributed by atoms with Crippen LogP contribution in [0, 0.1) is 0 Å². The van der Waals surface area contributed by atoms with Gasteiger partial charge in [0.25, 0.3) is 5.91 Å². The van der Waals surface area contributed by atoms with Gasteiger partial charge in [-0.2, -0.15) is 0 Å². The first-order valence-corrected chi connectivity index (χ1v) is 8.54. The van der Waals surface area contributed by atoms with Crippen molar-refractivity contribution in [2.45, 2.75) is 51.9 Å². The largest absolute Gasteiger partial charge is 0.481 e. The highest BCUT2D eigenvalue weighted by Crippen LogP contribution is 2.06. The smallest absolute Gasteiger partial charge is 0.426 e. The average Bonchev–Trinajstić information content (AvgIpc) is 2.60. The molecule has 0 aliphatic heterocycles. The fourth-order valence-corrected chi connectivity index (χ4v) is 1.95. The molecule has 1 aromatic rings. The third-order valence-electron chi connectivity index (χ3n) is 3.15. The van der Waals surface area contributed by atoms with Gasteiger partial charge in [0.15, 0.2) is 0 Å². The number of hydrazine groups is 1. The molecule has 1 rings (SSSR count). The molecule has 0 saturated heterocycles.